The fourth-order valence-corrected chi connectivity index (χ4v) is 1.36. The predicted molar refractivity (Wildman–Crippen MR) is 72.7 cm³/mol. The van der Waals surface area contributed by atoms with E-state index in [1.165, 1.54) is 5.56 Å². The molecule has 0 saturated carbocycles. The predicted octanol–water partition coefficient (Wildman–Crippen LogP) is 2.37. The van der Waals surface area contributed by atoms with Crippen molar-refractivity contribution in [1.29, 1.82) is 0 Å². The van der Waals surface area contributed by atoms with E-state index in [0.717, 1.165) is 11.3 Å². The highest BCUT2D eigenvalue weighted by Gasteiger charge is 2.00. The van der Waals surface area contributed by atoms with Gasteiger partial charge in [-0.3, -0.25) is 5.43 Å². The second-order valence-electron chi connectivity index (χ2n) is 3.95. The molecule has 86 valence electrons. The highest BCUT2D eigenvalue weighted by molar-refractivity contribution is 7.80. The largest absolute Gasteiger partial charge is 0.375 e. The molecule has 0 atom stereocenters. The van der Waals surface area contributed by atoms with Gasteiger partial charge in [-0.1, -0.05) is 38.1 Å². The lowest BCUT2D eigenvalue weighted by atomic mass is 10.0. The van der Waals surface area contributed by atoms with Crippen LogP contribution in [0, 0.1) is 0 Å². The third-order valence-electron chi connectivity index (χ3n) is 2.33. The normalized spacial score (nSPS) is 11.6. The van der Waals surface area contributed by atoms with Crippen molar-refractivity contribution in [3.63, 3.8) is 0 Å². The molecule has 0 aliphatic rings. The van der Waals surface area contributed by atoms with Crippen LogP contribution in [0.3, 0.4) is 0 Å². The summed E-state index contributed by atoms with van der Waals surface area (Å²) in [6, 6.07) is 8.32. The van der Waals surface area contributed by atoms with Gasteiger partial charge in [0.2, 0.25) is 0 Å². The minimum Gasteiger partial charge on any atom is -0.375 e. The molecule has 1 aromatic carbocycles. The number of nitrogens with two attached hydrogens (primary N) is 1. The molecule has 0 spiro atoms. The van der Waals surface area contributed by atoms with E-state index in [4.69, 9.17) is 5.73 Å². The summed E-state index contributed by atoms with van der Waals surface area (Å²) in [7, 11) is 0. The fraction of sp³-hybridized carbons (Fsp3) is 0.333. The van der Waals surface area contributed by atoms with E-state index < -0.39 is 0 Å². The van der Waals surface area contributed by atoms with E-state index in [9.17, 15) is 0 Å². The number of rotatable bonds is 3. The molecule has 0 bridgehead atoms. The molecule has 0 heterocycles. The van der Waals surface area contributed by atoms with Gasteiger partial charge in [0, 0.05) is 0 Å². The third kappa shape index (κ3) is 3.62. The Balaban J connectivity index is 2.81. The molecule has 3 N–H and O–H groups in total. The highest BCUT2D eigenvalue weighted by atomic mass is 32.1. The van der Waals surface area contributed by atoms with Crippen LogP contribution in [0.2, 0.25) is 0 Å². The Kier molecular flexibility index (Phi) is 4.43. The van der Waals surface area contributed by atoms with E-state index in [0.29, 0.717) is 5.92 Å². The molecule has 4 heteroatoms. The summed E-state index contributed by atoms with van der Waals surface area (Å²) in [6.07, 6.45) is 0. The Hall–Kier alpha value is -1.42. The van der Waals surface area contributed by atoms with Gasteiger partial charge in [0.25, 0.3) is 0 Å². The van der Waals surface area contributed by atoms with Gasteiger partial charge in [-0.05, 0) is 36.2 Å². The lowest BCUT2D eigenvalue weighted by molar-refractivity contribution is 0.866. The number of nitrogens with zero attached hydrogens (tertiary/aromatic N) is 1. The lowest BCUT2D eigenvalue weighted by Gasteiger charge is -2.06. The summed E-state index contributed by atoms with van der Waals surface area (Å²) in [4.78, 5) is 0. The van der Waals surface area contributed by atoms with Gasteiger partial charge >= 0.3 is 0 Å². The third-order valence-corrected chi connectivity index (χ3v) is 2.42. The SMILES string of the molecule is C/C(=N/NC(N)=S)c1ccc(C(C)C)cc1. The summed E-state index contributed by atoms with van der Waals surface area (Å²) in [5.74, 6) is 0.543. The van der Waals surface area contributed by atoms with Crippen LogP contribution >= 0.6 is 12.2 Å². The maximum Gasteiger partial charge on any atom is 0.184 e. The van der Waals surface area contributed by atoms with Crippen LogP contribution < -0.4 is 11.2 Å². The average Bonchev–Trinajstić information content (AvgIpc) is 2.26. The zero-order chi connectivity index (χ0) is 12.1. The summed E-state index contributed by atoms with van der Waals surface area (Å²) < 4.78 is 0. The first-order valence-corrected chi connectivity index (χ1v) is 5.61. The van der Waals surface area contributed by atoms with Crippen LogP contribution in [0.1, 0.15) is 37.8 Å². The van der Waals surface area contributed by atoms with Crippen LogP contribution in [0.4, 0.5) is 0 Å². The first kappa shape index (κ1) is 12.6. The van der Waals surface area contributed by atoms with Crippen molar-refractivity contribution in [3.05, 3.63) is 35.4 Å². The monoisotopic (exact) mass is 235 g/mol. The van der Waals surface area contributed by atoms with E-state index in [2.05, 4.69) is 60.9 Å². The maximum atomic E-state index is 5.30. The molecule has 3 nitrogen and oxygen atoms in total. The molecule has 0 amide bonds. The van der Waals surface area contributed by atoms with Crippen molar-refractivity contribution >= 4 is 23.0 Å². The molecule has 0 aliphatic carbocycles. The summed E-state index contributed by atoms with van der Waals surface area (Å²) in [6.45, 7) is 6.25. The molecule has 0 radical (unpaired) electrons. The Morgan fingerprint density at radius 1 is 1.31 bits per heavy atom. The maximum absolute atomic E-state index is 5.30. The second-order valence-corrected chi connectivity index (χ2v) is 4.39. The first-order valence-electron chi connectivity index (χ1n) is 5.20. The van der Waals surface area contributed by atoms with Crippen molar-refractivity contribution in [2.24, 2.45) is 10.8 Å². The van der Waals surface area contributed by atoms with Crippen molar-refractivity contribution in [3.8, 4) is 0 Å². The van der Waals surface area contributed by atoms with Crippen LogP contribution in [-0.4, -0.2) is 10.8 Å². The molecular formula is C12H17N3S. The molecule has 0 unspecified atom stereocenters. The smallest absolute Gasteiger partial charge is 0.184 e. The van der Waals surface area contributed by atoms with Crippen LogP contribution in [0.25, 0.3) is 0 Å². The number of nitrogens with one attached hydrogen (secondary N) is 1. The van der Waals surface area contributed by atoms with Crippen LogP contribution in [-0.2, 0) is 0 Å². The summed E-state index contributed by atoms with van der Waals surface area (Å²) in [5.41, 5.74) is 11.1. The molecule has 1 rings (SSSR count). The number of hydrogen-bond acceptors (Lipinski definition) is 2. The van der Waals surface area contributed by atoms with Gasteiger partial charge in [-0.2, -0.15) is 5.10 Å². The van der Waals surface area contributed by atoms with E-state index in [1.807, 2.05) is 6.92 Å². The number of hydrazone groups is 1. The number of hydrogen-bond donors (Lipinski definition) is 2. The van der Waals surface area contributed by atoms with Crippen molar-refractivity contribution in [1.82, 2.24) is 5.43 Å². The van der Waals surface area contributed by atoms with Crippen LogP contribution in [0.5, 0.6) is 0 Å². The van der Waals surface area contributed by atoms with Gasteiger partial charge in [-0.25, -0.2) is 0 Å². The highest BCUT2D eigenvalue weighted by Crippen LogP contribution is 2.14. The van der Waals surface area contributed by atoms with Gasteiger partial charge in [0.05, 0.1) is 5.71 Å². The van der Waals surface area contributed by atoms with Crippen molar-refractivity contribution in [2.45, 2.75) is 26.7 Å². The lowest BCUT2D eigenvalue weighted by Crippen LogP contribution is -2.25. The standard InChI is InChI=1S/C12H17N3S/c1-8(2)10-4-6-11(7-5-10)9(3)14-15-12(13)16/h4-8H,1-3H3,(H3,13,15,16)/b14-9-. The molecule has 0 aromatic heterocycles. The minimum atomic E-state index is 0.179. The second kappa shape index (κ2) is 5.61. The van der Waals surface area contributed by atoms with Crippen molar-refractivity contribution in [2.75, 3.05) is 0 Å². The van der Waals surface area contributed by atoms with Crippen LogP contribution in [0.15, 0.2) is 29.4 Å². The molecular weight excluding hydrogens is 218 g/mol. The topological polar surface area (TPSA) is 50.4 Å². The molecule has 16 heavy (non-hydrogen) atoms. The number of thiocarbonyl (C=S) groups is 1. The van der Waals surface area contributed by atoms with Gasteiger partial charge in [0.1, 0.15) is 0 Å². The minimum absolute atomic E-state index is 0.179. The Morgan fingerprint density at radius 3 is 2.31 bits per heavy atom. The average molecular weight is 235 g/mol. The van der Waals surface area contributed by atoms with E-state index in [1.54, 1.807) is 0 Å². The summed E-state index contributed by atoms with van der Waals surface area (Å²) in [5, 5.41) is 4.25. The van der Waals surface area contributed by atoms with Gasteiger partial charge in [0.15, 0.2) is 5.11 Å². The quantitative estimate of drug-likeness (QED) is 0.480. The van der Waals surface area contributed by atoms with Crippen molar-refractivity contribution < 1.29 is 0 Å². The summed E-state index contributed by atoms with van der Waals surface area (Å²) >= 11 is 4.68. The Bertz CT molecular complexity index is 393. The Morgan fingerprint density at radius 2 is 1.88 bits per heavy atom. The number of benzene rings is 1. The zero-order valence-corrected chi connectivity index (χ0v) is 10.6. The molecule has 0 aliphatic heterocycles. The Labute approximate surface area is 102 Å². The van der Waals surface area contributed by atoms with Gasteiger partial charge < -0.3 is 5.73 Å². The first-order chi connectivity index (χ1) is 7.50. The van der Waals surface area contributed by atoms with E-state index in [-0.39, 0.29) is 5.11 Å². The zero-order valence-electron chi connectivity index (χ0n) is 9.82. The molecule has 0 saturated heterocycles. The molecule has 1 aromatic rings. The fourth-order valence-electron chi connectivity index (χ4n) is 1.31. The van der Waals surface area contributed by atoms with E-state index >= 15 is 0 Å². The van der Waals surface area contributed by atoms with Gasteiger partial charge in [-0.15, -0.1) is 0 Å². The molecule has 0 fully saturated rings.